The van der Waals surface area contributed by atoms with E-state index in [0.717, 1.165) is 5.56 Å². The number of rotatable bonds is 8. The van der Waals surface area contributed by atoms with Crippen LogP contribution in [0.2, 0.25) is 0 Å². The van der Waals surface area contributed by atoms with Crippen LogP contribution < -0.4 is 5.32 Å². The number of ether oxygens (including phenoxy) is 3. The number of nitrogens with zero attached hydrogens (tertiary/aromatic N) is 1. The van der Waals surface area contributed by atoms with Crippen LogP contribution in [0.15, 0.2) is 30.3 Å². The lowest BCUT2D eigenvalue weighted by Gasteiger charge is -2.32. The maximum absolute atomic E-state index is 13.5. The summed E-state index contributed by atoms with van der Waals surface area (Å²) in [4.78, 5) is 52.4. The van der Waals surface area contributed by atoms with Crippen molar-refractivity contribution in [2.45, 2.75) is 71.8 Å². The Labute approximate surface area is 206 Å². The molecule has 1 heterocycles. The van der Waals surface area contributed by atoms with Crippen LogP contribution in [0.3, 0.4) is 0 Å². The van der Waals surface area contributed by atoms with Crippen molar-refractivity contribution >= 4 is 23.9 Å². The topological polar surface area (TPSA) is 111 Å². The lowest BCUT2D eigenvalue weighted by molar-refractivity contribution is -0.154. The molecule has 1 aliphatic carbocycles. The Morgan fingerprint density at radius 2 is 1.80 bits per heavy atom. The first-order valence-electron chi connectivity index (χ1n) is 11.9. The van der Waals surface area contributed by atoms with Crippen LogP contribution in [0, 0.1) is 17.3 Å². The van der Waals surface area contributed by atoms with Crippen molar-refractivity contribution in [2.24, 2.45) is 17.3 Å². The Balaban J connectivity index is 1.68. The van der Waals surface area contributed by atoms with Gasteiger partial charge < -0.3 is 24.4 Å². The SMILES string of the molecule is COC(=O)[C@@H]1C2C(CN1C(=O)[C@H](CCC(=O)OCc1ccccc1)NC(=O)OC(C)(C)C)C2(C)C. The Hall–Kier alpha value is -3.10. The number of carbonyl (C=O) groups excluding carboxylic acids is 4. The number of esters is 2. The first-order valence-corrected chi connectivity index (χ1v) is 11.9. The van der Waals surface area contributed by atoms with Gasteiger partial charge in [-0.05, 0) is 44.1 Å². The second-order valence-electron chi connectivity index (χ2n) is 10.8. The van der Waals surface area contributed by atoms with Gasteiger partial charge in [-0.1, -0.05) is 44.2 Å². The molecule has 0 radical (unpaired) electrons. The molecule has 1 aromatic rings. The summed E-state index contributed by atoms with van der Waals surface area (Å²) in [6.45, 7) is 9.79. The lowest BCUT2D eigenvalue weighted by Crippen LogP contribution is -2.54. The minimum absolute atomic E-state index is 0.00286. The highest BCUT2D eigenvalue weighted by molar-refractivity contribution is 5.91. The molecule has 0 spiro atoms. The van der Waals surface area contributed by atoms with Gasteiger partial charge in [0, 0.05) is 18.9 Å². The van der Waals surface area contributed by atoms with Crippen LogP contribution in [0.5, 0.6) is 0 Å². The Morgan fingerprint density at radius 3 is 2.40 bits per heavy atom. The van der Waals surface area contributed by atoms with Gasteiger partial charge in [-0.3, -0.25) is 9.59 Å². The summed E-state index contributed by atoms with van der Waals surface area (Å²) in [7, 11) is 1.30. The Morgan fingerprint density at radius 1 is 1.14 bits per heavy atom. The molecule has 1 saturated carbocycles. The standard InChI is InChI=1S/C26H36N2O7/c1-25(2,3)35-24(32)27-18(12-13-19(29)34-15-16-10-8-7-9-11-16)22(30)28-14-17-20(26(17,4)5)21(28)23(31)33-6/h7-11,17-18,20-21H,12-15H2,1-6H3,(H,27,32)/t17?,18-,20?,21-/m0/s1. The van der Waals surface area contributed by atoms with E-state index < -0.39 is 41.6 Å². The highest BCUT2D eigenvalue weighted by atomic mass is 16.6. The van der Waals surface area contributed by atoms with Crippen molar-refractivity contribution in [2.75, 3.05) is 13.7 Å². The quantitative estimate of drug-likeness (QED) is 0.442. The van der Waals surface area contributed by atoms with E-state index in [0.29, 0.717) is 6.54 Å². The maximum Gasteiger partial charge on any atom is 0.408 e. The van der Waals surface area contributed by atoms with Crippen molar-refractivity contribution in [1.29, 1.82) is 0 Å². The highest BCUT2D eigenvalue weighted by Crippen LogP contribution is 2.65. The number of benzene rings is 1. The molecule has 0 bridgehead atoms. The molecule has 1 N–H and O–H groups in total. The molecule has 2 aliphatic rings. The second-order valence-corrected chi connectivity index (χ2v) is 10.8. The van der Waals surface area contributed by atoms with Crippen LogP contribution in [0.4, 0.5) is 4.79 Å². The number of methoxy groups -OCH3 is 1. The molecule has 3 rings (SSSR count). The molecule has 2 fully saturated rings. The summed E-state index contributed by atoms with van der Waals surface area (Å²) in [5.41, 5.74) is 0.0191. The van der Waals surface area contributed by atoms with Gasteiger partial charge in [-0.2, -0.15) is 0 Å². The summed E-state index contributed by atoms with van der Waals surface area (Å²) in [6.07, 6.45) is -0.851. The predicted octanol–water partition coefficient (Wildman–Crippen LogP) is 3.06. The molecule has 9 heteroatoms. The van der Waals surface area contributed by atoms with Gasteiger partial charge in [-0.25, -0.2) is 9.59 Å². The van der Waals surface area contributed by atoms with E-state index in [4.69, 9.17) is 14.2 Å². The molecule has 2 amide bonds. The van der Waals surface area contributed by atoms with Crippen LogP contribution in [0.1, 0.15) is 53.0 Å². The fourth-order valence-corrected chi connectivity index (χ4v) is 4.88. The zero-order valence-corrected chi connectivity index (χ0v) is 21.3. The number of carbonyl (C=O) groups is 4. The van der Waals surface area contributed by atoms with E-state index >= 15 is 0 Å². The predicted molar refractivity (Wildman–Crippen MR) is 127 cm³/mol. The summed E-state index contributed by atoms with van der Waals surface area (Å²) in [5.74, 6) is -1.24. The summed E-state index contributed by atoms with van der Waals surface area (Å²) in [6, 6.07) is 7.48. The normalized spacial score (nSPS) is 23.0. The van der Waals surface area contributed by atoms with E-state index in [9.17, 15) is 19.2 Å². The van der Waals surface area contributed by atoms with E-state index in [1.54, 1.807) is 20.8 Å². The number of hydrogen-bond acceptors (Lipinski definition) is 7. The van der Waals surface area contributed by atoms with Crippen LogP contribution in [-0.4, -0.2) is 60.2 Å². The van der Waals surface area contributed by atoms with Gasteiger partial charge in [0.25, 0.3) is 0 Å². The van der Waals surface area contributed by atoms with Crippen molar-refractivity contribution < 1.29 is 33.4 Å². The van der Waals surface area contributed by atoms with Crippen LogP contribution in [-0.2, 0) is 35.2 Å². The van der Waals surface area contributed by atoms with E-state index in [-0.39, 0.29) is 36.7 Å². The zero-order valence-electron chi connectivity index (χ0n) is 21.3. The average molecular weight is 489 g/mol. The third kappa shape index (κ3) is 6.32. The van der Waals surface area contributed by atoms with Crippen molar-refractivity contribution in [3.05, 3.63) is 35.9 Å². The number of amides is 2. The zero-order chi connectivity index (χ0) is 26.0. The largest absolute Gasteiger partial charge is 0.467 e. The number of piperidine rings is 1. The first-order chi connectivity index (χ1) is 16.3. The molecule has 1 saturated heterocycles. The molecule has 2 unspecified atom stereocenters. The fourth-order valence-electron chi connectivity index (χ4n) is 4.88. The summed E-state index contributed by atoms with van der Waals surface area (Å²) >= 11 is 0. The first kappa shape index (κ1) is 26.5. The average Bonchev–Trinajstić information content (AvgIpc) is 3.11. The second kappa shape index (κ2) is 10.3. The number of likely N-dealkylation sites (tertiary alicyclic amines) is 1. The molecule has 1 aromatic carbocycles. The van der Waals surface area contributed by atoms with Gasteiger partial charge in [0.05, 0.1) is 7.11 Å². The third-order valence-electron chi connectivity index (χ3n) is 6.80. The summed E-state index contributed by atoms with van der Waals surface area (Å²) < 4.78 is 15.6. The molecule has 0 aromatic heterocycles. The molecule has 1 aliphatic heterocycles. The Kier molecular flexibility index (Phi) is 7.77. The van der Waals surface area contributed by atoms with Gasteiger partial charge in [0.15, 0.2) is 0 Å². The third-order valence-corrected chi connectivity index (χ3v) is 6.80. The van der Waals surface area contributed by atoms with Crippen molar-refractivity contribution in [3.63, 3.8) is 0 Å². The van der Waals surface area contributed by atoms with Crippen molar-refractivity contribution in [1.82, 2.24) is 10.2 Å². The molecular formula is C26H36N2O7. The van der Waals surface area contributed by atoms with Crippen molar-refractivity contribution in [3.8, 4) is 0 Å². The number of nitrogens with one attached hydrogen (secondary N) is 1. The van der Waals surface area contributed by atoms with E-state index in [1.165, 1.54) is 12.0 Å². The van der Waals surface area contributed by atoms with Gasteiger partial charge in [0.2, 0.25) is 5.91 Å². The molecule has 192 valence electrons. The minimum atomic E-state index is -1.05. The van der Waals surface area contributed by atoms with Crippen LogP contribution >= 0.6 is 0 Å². The molecule has 4 atom stereocenters. The van der Waals surface area contributed by atoms with Crippen LogP contribution in [0.25, 0.3) is 0 Å². The van der Waals surface area contributed by atoms with Gasteiger partial charge in [0.1, 0.15) is 24.3 Å². The fraction of sp³-hybridized carbons (Fsp3) is 0.615. The van der Waals surface area contributed by atoms with E-state index in [2.05, 4.69) is 19.2 Å². The number of hydrogen-bond donors (Lipinski definition) is 1. The Bertz CT molecular complexity index is 954. The summed E-state index contributed by atoms with van der Waals surface area (Å²) in [5, 5.41) is 2.60. The molecular weight excluding hydrogens is 452 g/mol. The maximum atomic E-state index is 13.5. The lowest BCUT2D eigenvalue weighted by atomic mass is 9.99. The highest BCUT2D eigenvalue weighted by Gasteiger charge is 2.70. The van der Waals surface area contributed by atoms with Gasteiger partial charge in [-0.15, -0.1) is 0 Å². The smallest absolute Gasteiger partial charge is 0.408 e. The monoisotopic (exact) mass is 488 g/mol. The minimum Gasteiger partial charge on any atom is -0.467 e. The van der Waals surface area contributed by atoms with Gasteiger partial charge >= 0.3 is 18.0 Å². The number of alkyl carbamates (subject to hydrolysis) is 1. The molecule has 35 heavy (non-hydrogen) atoms. The number of fused-ring (bicyclic) bond motifs is 1. The molecule has 9 nitrogen and oxygen atoms in total. The van der Waals surface area contributed by atoms with E-state index in [1.807, 2.05) is 30.3 Å².